The molecule has 1 saturated carbocycles. The Balaban J connectivity index is 0.649. The molecule has 1 unspecified atom stereocenters. The molecule has 7 aromatic rings. The molecule has 14 nitrogen and oxygen atoms in total. The maximum Gasteiger partial charge on any atom is 0.355 e. The summed E-state index contributed by atoms with van der Waals surface area (Å²) in [6.45, 7) is 6.40. The number of thiazole rings is 1. The van der Waals surface area contributed by atoms with E-state index in [4.69, 9.17) is 14.8 Å². The van der Waals surface area contributed by atoms with Gasteiger partial charge < -0.3 is 19.6 Å². The molecule has 2 saturated heterocycles. The number of piperidine rings is 2. The number of aromatic nitrogens is 4. The minimum absolute atomic E-state index is 0.0148. The topological polar surface area (TPSA) is 172 Å². The smallest absolute Gasteiger partial charge is 0.355 e. The van der Waals surface area contributed by atoms with Gasteiger partial charge in [-0.25, -0.2) is 14.8 Å². The number of aromatic carboxylic acids is 1. The number of likely N-dealkylation sites (tertiary alicyclic amines) is 1. The van der Waals surface area contributed by atoms with Crippen molar-refractivity contribution in [1.82, 2.24) is 30.0 Å². The molecule has 0 spiro atoms. The predicted octanol–water partition coefficient (Wildman–Crippen LogP) is 10.6. The lowest BCUT2D eigenvalue weighted by Crippen LogP contribution is -2.39. The van der Waals surface area contributed by atoms with Gasteiger partial charge >= 0.3 is 5.97 Å². The van der Waals surface area contributed by atoms with Crippen LogP contribution in [0.25, 0.3) is 32.2 Å². The molecule has 3 amide bonds. The van der Waals surface area contributed by atoms with Crippen molar-refractivity contribution in [3.05, 3.63) is 130 Å². The van der Waals surface area contributed by atoms with Gasteiger partial charge in [-0.15, -0.1) is 0 Å². The van der Waals surface area contributed by atoms with Crippen LogP contribution in [0.15, 0.2) is 91.0 Å². The number of imide groups is 1. The van der Waals surface area contributed by atoms with Gasteiger partial charge in [-0.2, -0.15) is 5.10 Å². The molecule has 15 heteroatoms. The van der Waals surface area contributed by atoms with Crippen LogP contribution in [0.3, 0.4) is 0 Å². The first kappa shape index (κ1) is 48.3. The fraction of sp³-hybridized carbons (Fsp3) is 0.397. The summed E-state index contributed by atoms with van der Waals surface area (Å²) >= 11 is 1.44. The van der Waals surface area contributed by atoms with Gasteiger partial charge in [-0.3, -0.25) is 29.7 Å². The molecule has 376 valence electrons. The van der Waals surface area contributed by atoms with Gasteiger partial charge in [0.2, 0.25) is 11.8 Å². The number of hydrogen-bond acceptors (Lipinski definition) is 11. The molecule has 3 aromatic heterocycles. The van der Waals surface area contributed by atoms with Gasteiger partial charge in [0.15, 0.2) is 10.8 Å². The van der Waals surface area contributed by atoms with Crippen molar-refractivity contribution in [2.45, 2.75) is 108 Å². The lowest BCUT2D eigenvalue weighted by Gasteiger charge is -2.32. The van der Waals surface area contributed by atoms with Crippen LogP contribution in [0.1, 0.15) is 131 Å². The van der Waals surface area contributed by atoms with E-state index in [1.807, 2.05) is 85.4 Å². The van der Waals surface area contributed by atoms with Gasteiger partial charge in [-0.05, 0) is 166 Å². The monoisotopic (exact) mass is 998 g/mol. The highest BCUT2D eigenvalue weighted by Crippen LogP contribution is 2.39. The van der Waals surface area contributed by atoms with Crippen LogP contribution in [-0.4, -0.2) is 85.7 Å². The number of carbonyl (C=O) groups is 4. The fourth-order valence-corrected chi connectivity index (χ4v) is 12.7. The van der Waals surface area contributed by atoms with Gasteiger partial charge in [-0.1, -0.05) is 72.7 Å². The number of nitrogens with zero attached hydrogens (tertiary/aromatic N) is 6. The number of carbonyl (C=O) groups excluding carboxylic acids is 3. The zero-order valence-electron chi connectivity index (χ0n) is 41.6. The van der Waals surface area contributed by atoms with E-state index in [0.717, 1.165) is 113 Å². The number of fused-ring (bicyclic) bond motifs is 3. The zero-order chi connectivity index (χ0) is 50.2. The third kappa shape index (κ3) is 10.2. The largest absolute Gasteiger partial charge is 0.490 e. The molecule has 73 heavy (non-hydrogen) atoms. The molecule has 3 N–H and O–H groups in total. The minimum atomic E-state index is -1.10. The number of carboxylic acids is 1. The van der Waals surface area contributed by atoms with Crippen LogP contribution in [-0.2, 0) is 29.6 Å². The molecular weight excluding hydrogens is 937 g/mol. The van der Waals surface area contributed by atoms with E-state index in [1.54, 1.807) is 0 Å². The van der Waals surface area contributed by atoms with E-state index < -0.39 is 11.9 Å². The Morgan fingerprint density at radius 2 is 1.67 bits per heavy atom. The van der Waals surface area contributed by atoms with E-state index >= 15 is 0 Å². The summed E-state index contributed by atoms with van der Waals surface area (Å²) in [4.78, 5) is 64.9. The number of nitrogens with one attached hydrogen (secondary N) is 2. The first-order chi connectivity index (χ1) is 35.5. The second-order valence-electron chi connectivity index (χ2n) is 20.5. The SMILES string of the molecule is Cc1c(OC2CCC(CCCCN3CCC(c4ccc5c(C6CCC(=O)NC6=O)nn(C)c5c4)CC3)CC2)cccc1-c1ccc(N2CCc3cccc(C(=O)Nc4nc5ccccc5s4)c3C2)nc1C(=O)O. The molecule has 6 heterocycles. The van der Waals surface area contributed by atoms with Gasteiger partial charge in [0.25, 0.3) is 5.91 Å². The molecule has 0 radical (unpaired) electrons. The van der Waals surface area contributed by atoms with E-state index in [1.165, 1.54) is 36.2 Å². The second-order valence-corrected chi connectivity index (χ2v) is 21.5. The molecule has 1 atom stereocenters. The molecule has 4 aromatic carbocycles. The van der Waals surface area contributed by atoms with E-state index in [-0.39, 0.29) is 29.5 Å². The normalized spacial score (nSPS) is 19.8. The second kappa shape index (κ2) is 20.9. The number of anilines is 2. The number of carboxylic acid groups (broad SMARTS) is 1. The Bertz CT molecular complexity index is 3210. The number of pyridine rings is 1. The highest BCUT2D eigenvalue weighted by atomic mass is 32.1. The van der Waals surface area contributed by atoms with Crippen molar-refractivity contribution in [2.75, 3.05) is 36.4 Å². The molecular formula is C58H62N8O6S. The number of unbranched alkanes of at least 4 members (excludes halogenated alkanes) is 1. The van der Waals surface area contributed by atoms with Gasteiger partial charge in [0, 0.05) is 43.1 Å². The Morgan fingerprint density at radius 1 is 0.849 bits per heavy atom. The van der Waals surface area contributed by atoms with Crippen LogP contribution >= 0.6 is 11.3 Å². The average Bonchev–Trinajstić information content (AvgIpc) is 3.97. The van der Waals surface area contributed by atoms with E-state index in [9.17, 15) is 24.3 Å². The highest BCUT2D eigenvalue weighted by molar-refractivity contribution is 7.22. The Hall–Kier alpha value is -6.97. The summed E-state index contributed by atoms with van der Waals surface area (Å²) in [6.07, 6.45) is 11.9. The number of ether oxygens (including phenoxy) is 1. The molecule has 3 fully saturated rings. The fourth-order valence-electron chi connectivity index (χ4n) is 11.9. The quantitative estimate of drug-likeness (QED) is 0.0699. The van der Waals surface area contributed by atoms with Crippen LogP contribution in [0.5, 0.6) is 5.75 Å². The molecule has 3 aliphatic heterocycles. The number of rotatable bonds is 14. The summed E-state index contributed by atoms with van der Waals surface area (Å²) in [7, 11) is 1.94. The van der Waals surface area contributed by atoms with Crippen molar-refractivity contribution in [3.8, 4) is 16.9 Å². The number of benzene rings is 4. The van der Waals surface area contributed by atoms with Crippen molar-refractivity contribution in [2.24, 2.45) is 13.0 Å². The Labute approximate surface area is 429 Å². The van der Waals surface area contributed by atoms with E-state index in [0.29, 0.717) is 66.3 Å². The van der Waals surface area contributed by atoms with Crippen molar-refractivity contribution in [1.29, 1.82) is 0 Å². The summed E-state index contributed by atoms with van der Waals surface area (Å²) in [6, 6.07) is 29.8. The predicted molar refractivity (Wildman–Crippen MR) is 285 cm³/mol. The lowest BCUT2D eigenvalue weighted by atomic mass is 9.84. The first-order valence-corrected chi connectivity index (χ1v) is 26.9. The summed E-state index contributed by atoms with van der Waals surface area (Å²) in [5, 5.41) is 22.3. The van der Waals surface area contributed by atoms with Crippen LogP contribution in [0.4, 0.5) is 10.9 Å². The lowest BCUT2D eigenvalue weighted by molar-refractivity contribution is -0.134. The van der Waals surface area contributed by atoms with Crippen LogP contribution in [0.2, 0.25) is 0 Å². The third-order valence-corrected chi connectivity index (χ3v) is 16.9. The molecule has 1 aliphatic carbocycles. The molecule has 11 rings (SSSR count). The van der Waals surface area contributed by atoms with Crippen molar-refractivity contribution < 1.29 is 29.0 Å². The minimum Gasteiger partial charge on any atom is -0.490 e. The Kier molecular flexibility index (Phi) is 13.8. The Morgan fingerprint density at radius 3 is 2.48 bits per heavy atom. The van der Waals surface area contributed by atoms with Gasteiger partial charge in [0.05, 0.1) is 33.4 Å². The molecule has 0 bridgehead atoms. The number of hydrogen-bond donors (Lipinski definition) is 3. The zero-order valence-corrected chi connectivity index (χ0v) is 42.4. The first-order valence-electron chi connectivity index (χ1n) is 26.1. The van der Waals surface area contributed by atoms with Crippen LogP contribution in [0, 0.1) is 12.8 Å². The van der Waals surface area contributed by atoms with Crippen molar-refractivity contribution in [3.63, 3.8) is 0 Å². The van der Waals surface area contributed by atoms with Crippen molar-refractivity contribution >= 4 is 67.1 Å². The summed E-state index contributed by atoms with van der Waals surface area (Å²) < 4.78 is 9.58. The molecule has 4 aliphatic rings. The number of para-hydroxylation sites is 1. The van der Waals surface area contributed by atoms with Gasteiger partial charge in [0.1, 0.15) is 11.6 Å². The summed E-state index contributed by atoms with van der Waals surface area (Å²) in [5.41, 5.74) is 8.77. The summed E-state index contributed by atoms with van der Waals surface area (Å²) in [5.74, 6) is 0.379. The van der Waals surface area contributed by atoms with E-state index in [2.05, 4.69) is 49.7 Å². The number of amides is 3. The van der Waals surface area contributed by atoms with Crippen LogP contribution < -0.4 is 20.3 Å². The average molecular weight is 999 g/mol. The third-order valence-electron chi connectivity index (χ3n) is 16.0. The highest BCUT2D eigenvalue weighted by Gasteiger charge is 2.33. The standard InChI is InChI=1S/C58H62N8O6S/c1-35-41(42-22-24-51(60-54(42)57(70)71)66-32-28-38-10-7-12-43(46(38)34-66)55(68)62-58-59-47-13-3-4-15-50(47)73-58)11-8-14-49(35)72-40-19-16-36(17-20-40)9-5-6-29-65-30-26-37(27-31-65)39-18-21-44-48(33-39)64(2)63-53(44)45-23-25-52(67)61-56(45)69/h3-4,7-8,10-15,18,21-22,24,33,36-37,40,45H,5-6,9,16-17,19-20,23,25-32,34H2,1-2H3,(H,70,71)(H,59,62,68)(H,61,67,69). The maximum atomic E-state index is 13.7. The number of aryl methyl sites for hydroxylation is 1. The maximum absolute atomic E-state index is 13.7.